The van der Waals surface area contributed by atoms with E-state index < -0.39 is 5.54 Å². The number of carbonyl (C=O) groups excluding carboxylic acids is 1. The lowest BCUT2D eigenvalue weighted by Crippen LogP contribution is -2.30. The molecule has 1 aromatic heterocycles. The van der Waals surface area contributed by atoms with Crippen LogP contribution in [0.1, 0.15) is 40.0 Å². The van der Waals surface area contributed by atoms with Crippen molar-refractivity contribution in [2.75, 3.05) is 11.9 Å². The summed E-state index contributed by atoms with van der Waals surface area (Å²) in [6, 6.07) is 7.66. The molecule has 1 aromatic carbocycles. The van der Waals surface area contributed by atoms with E-state index in [0.29, 0.717) is 6.42 Å². The zero-order chi connectivity index (χ0) is 19.9. The van der Waals surface area contributed by atoms with Crippen LogP contribution < -0.4 is 5.32 Å². The molecule has 144 valence electrons. The Morgan fingerprint density at radius 3 is 2.59 bits per heavy atom. The number of nitrogens with one attached hydrogen (secondary N) is 1. The van der Waals surface area contributed by atoms with Gasteiger partial charge in [0.05, 0.1) is 24.8 Å². The summed E-state index contributed by atoms with van der Waals surface area (Å²) < 4.78 is 1.76. The van der Waals surface area contributed by atoms with Gasteiger partial charge >= 0.3 is 0 Å². The quantitative estimate of drug-likeness (QED) is 0.640. The van der Waals surface area contributed by atoms with E-state index in [-0.39, 0.29) is 12.5 Å². The number of carbonyl (C=O) groups is 1. The van der Waals surface area contributed by atoms with Crippen LogP contribution in [-0.2, 0) is 10.3 Å². The Labute approximate surface area is 161 Å². The van der Waals surface area contributed by atoms with Crippen LogP contribution in [0.25, 0.3) is 11.1 Å². The number of benzene rings is 1. The summed E-state index contributed by atoms with van der Waals surface area (Å²) in [6.07, 6.45) is 9.81. The minimum atomic E-state index is -0.444. The van der Waals surface area contributed by atoms with Crippen molar-refractivity contribution in [1.82, 2.24) is 9.78 Å². The zero-order valence-electron chi connectivity index (χ0n) is 16.4. The van der Waals surface area contributed by atoms with E-state index in [1.165, 1.54) is 0 Å². The molecule has 0 aliphatic heterocycles. The van der Waals surface area contributed by atoms with Gasteiger partial charge in [0.25, 0.3) is 0 Å². The van der Waals surface area contributed by atoms with Crippen LogP contribution in [0.2, 0.25) is 0 Å². The van der Waals surface area contributed by atoms with Crippen LogP contribution in [-0.4, -0.2) is 27.4 Å². The molecule has 0 aliphatic carbocycles. The Morgan fingerprint density at radius 2 is 2.00 bits per heavy atom. The Balaban J connectivity index is 2.03. The van der Waals surface area contributed by atoms with Crippen LogP contribution >= 0.6 is 0 Å². The normalized spacial score (nSPS) is 12.1. The van der Waals surface area contributed by atoms with E-state index in [0.717, 1.165) is 35.2 Å². The van der Waals surface area contributed by atoms with Crippen molar-refractivity contribution in [2.45, 2.75) is 45.6 Å². The van der Waals surface area contributed by atoms with Crippen molar-refractivity contribution in [3.63, 3.8) is 0 Å². The molecular formula is C22H29N3O2. The molecule has 0 atom stereocenters. The standard InChI is InChI=1S/C22H29N3O2/c1-5-7-8-17(6-2)13-21(27)24-20-11-9-18(10-12-20)19-14-23-25(15-19)22(3,4)16-26/h6,8-12,14-15,26H,2,5,7,13,16H2,1,3-4H3,(H,24,27)/b17-8+. The van der Waals surface area contributed by atoms with E-state index in [1.807, 2.05) is 44.3 Å². The van der Waals surface area contributed by atoms with E-state index >= 15 is 0 Å². The van der Waals surface area contributed by atoms with Crippen molar-refractivity contribution in [1.29, 1.82) is 0 Å². The monoisotopic (exact) mass is 367 g/mol. The Hall–Kier alpha value is -2.66. The summed E-state index contributed by atoms with van der Waals surface area (Å²) in [5, 5.41) is 16.7. The Kier molecular flexibility index (Phi) is 7.13. The number of nitrogens with zero attached hydrogens (tertiary/aromatic N) is 2. The average molecular weight is 367 g/mol. The SMILES string of the molecule is C=C/C(=C\CCC)CC(=O)Nc1ccc(-c2cnn(C(C)(C)CO)c2)cc1. The molecule has 0 saturated carbocycles. The van der Waals surface area contributed by atoms with Crippen LogP contribution in [0.3, 0.4) is 0 Å². The molecule has 2 N–H and O–H groups in total. The minimum Gasteiger partial charge on any atom is -0.394 e. The molecule has 5 heteroatoms. The van der Waals surface area contributed by atoms with Gasteiger partial charge in [0.15, 0.2) is 0 Å². The maximum absolute atomic E-state index is 12.2. The van der Waals surface area contributed by atoms with Gasteiger partial charge in [-0.3, -0.25) is 9.48 Å². The minimum absolute atomic E-state index is 0.0124. The highest BCUT2D eigenvalue weighted by atomic mass is 16.3. The lowest BCUT2D eigenvalue weighted by Gasteiger charge is -2.22. The van der Waals surface area contributed by atoms with Crippen LogP contribution in [0.5, 0.6) is 0 Å². The van der Waals surface area contributed by atoms with Crippen LogP contribution in [0, 0.1) is 0 Å². The van der Waals surface area contributed by atoms with Gasteiger partial charge in [0, 0.05) is 17.4 Å². The van der Waals surface area contributed by atoms with E-state index in [9.17, 15) is 9.90 Å². The van der Waals surface area contributed by atoms with Crippen LogP contribution in [0.4, 0.5) is 5.69 Å². The number of amides is 1. The third-order valence-corrected chi connectivity index (χ3v) is 4.41. The average Bonchev–Trinajstić information content (AvgIpc) is 3.16. The number of aliphatic hydroxyl groups excluding tert-OH is 1. The number of aliphatic hydroxyl groups is 1. The number of rotatable bonds is 9. The molecule has 2 aromatic rings. The lowest BCUT2D eigenvalue weighted by molar-refractivity contribution is -0.115. The second kappa shape index (κ2) is 9.33. The van der Waals surface area contributed by atoms with Gasteiger partial charge in [-0.2, -0.15) is 5.10 Å². The van der Waals surface area contributed by atoms with Gasteiger partial charge in [-0.15, -0.1) is 0 Å². The van der Waals surface area contributed by atoms with E-state index in [1.54, 1.807) is 17.0 Å². The third-order valence-electron chi connectivity index (χ3n) is 4.41. The van der Waals surface area contributed by atoms with Gasteiger partial charge in [0.2, 0.25) is 5.91 Å². The number of anilines is 1. The first-order valence-corrected chi connectivity index (χ1v) is 9.27. The first kappa shape index (κ1) is 20.6. The number of allylic oxidation sites excluding steroid dienone is 2. The van der Waals surface area contributed by atoms with Crippen molar-refractivity contribution in [3.8, 4) is 11.1 Å². The highest BCUT2D eigenvalue weighted by molar-refractivity contribution is 5.92. The molecule has 0 aliphatic rings. The molecule has 0 saturated heterocycles. The third kappa shape index (κ3) is 5.66. The van der Waals surface area contributed by atoms with Gasteiger partial charge in [0.1, 0.15) is 0 Å². The first-order chi connectivity index (χ1) is 12.9. The summed E-state index contributed by atoms with van der Waals surface area (Å²) in [7, 11) is 0. The second-order valence-electron chi connectivity index (χ2n) is 7.22. The summed E-state index contributed by atoms with van der Waals surface area (Å²) in [5.74, 6) is -0.0532. The van der Waals surface area contributed by atoms with Gasteiger partial charge < -0.3 is 10.4 Å². The molecule has 0 radical (unpaired) electrons. The summed E-state index contributed by atoms with van der Waals surface area (Å²) >= 11 is 0. The fourth-order valence-electron chi connectivity index (χ4n) is 2.57. The maximum atomic E-state index is 12.2. The summed E-state index contributed by atoms with van der Waals surface area (Å²) in [5.41, 5.74) is 3.23. The summed E-state index contributed by atoms with van der Waals surface area (Å²) in [4.78, 5) is 12.2. The molecule has 27 heavy (non-hydrogen) atoms. The summed E-state index contributed by atoms with van der Waals surface area (Å²) in [6.45, 7) is 9.74. The fraction of sp³-hybridized carbons (Fsp3) is 0.364. The van der Waals surface area contributed by atoms with Crippen molar-refractivity contribution < 1.29 is 9.90 Å². The highest BCUT2D eigenvalue weighted by Gasteiger charge is 2.20. The molecule has 0 spiro atoms. The second-order valence-corrected chi connectivity index (χ2v) is 7.22. The molecule has 2 rings (SSSR count). The lowest BCUT2D eigenvalue weighted by atomic mass is 10.1. The zero-order valence-corrected chi connectivity index (χ0v) is 16.4. The highest BCUT2D eigenvalue weighted by Crippen LogP contribution is 2.23. The molecule has 5 nitrogen and oxygen atoms in total. The first-order valence-electron chi connectivity index (χ1n) is 9.27. The van der Waals surface area contributed by atoms with E-state index in [2.05, 4.69) is 30.0 Å². The molecule has 0 unspecified atom stereocenters. The topological polar surface area (TPSA) is 67.2 Å². The predicted molar refractivity (Wildman–Crippen MR) is 111 cm³/mol. The van der Waals surface area contributed by atoms with Gasteiger partial charge in [-0.25, -0.2) is 0 Å². The van der Waals surface area contributed by atoms with E-state index in [4.69, 9.17) is 0 Å². The number of hydrogen-bond acceptors (Lipinski definition) is 3. The largest absolute Gasteiger partial charge is 0.394 e. The van der Waals surface area contributed by atoms with Crippen molar-refractivity contribution >= 4 is 11.6 Å². The smallest absolute Gasteiger partial charge is 0.228 e. The van der Waals surface area contributed by atoms with Gasteiger partial charge in [-0.05, 0) is 43.5 Å². The van der Waals surface area contributed by atoms with Crippen molar-refractivity contribution in [2.24, 2.45) is 0 Å². The molecular weight excluding hydrogens is 338 g/mol. The molecule has 1 heterocycles. The number of unbranched alkanes of at least 4 members (excludes halogenated alkanes) is 1. The number of aromatic nitrogens is 2. The van der Waals surface area contributed by atoms with Crippen molar-refractivity contribution in [3.05, 3.63) is 61.0 Å². The van der Waals surface area contributed by atoms with Gasteiger partial charge in [-0.1, -0.05) is 44.2 Å². The fourth-order valence-corrected chi connectivity index (χ4v) is 2.57. The number of hydrogen-bond donors (Lipinski definition) is 2. The molecule has 0 fully saturated rings. The predicted octanol–water partition coefficient (Wildman–Crippen LogP) is 4.52. The Bertz CT molecular complexity index is 801. The maximum Gasteiger partial charge on any atom is 0.228 e. The molecule has 0 bridgehead atoms. The van der Waals surface area contributed by atoms with Crippen LogP contribution in [0.15, 0.2) is 61.0 Å². The Morgan fingerprint density at radius 1 is 1.30 bits per heavy atom. The molecule has 1 amide bonds.